The third-order valence-corrected chi connectivity index (χ3v) is 3.88. The van der Waals surface area contributed by atoms with Gasteiger partial charge in [-0.2, -0.15) is 5.10 Å². The largest absolute Gasteiger partial charge is 0.288 e. The molecule has 0 unspecified atom stereocenters. The van der Waals surface area contributed by atoms with Gasteiger partial charge in [0.2, 0.25) is 5.95 Å². The first-order valence-corrected chi connectivity index (χ1v) is 8.71. The first-order chi connectivity index (χ1) is 12.7. The molecule has 0 spiro atoms. The molecular formula is C19H16BrN5O. The second-order valence-electron chi connectivity index (χ2n) is 5.42. The summed E-state index contributed by atoms with van der Waals surface area (Å²) in [5.74, 6) is 0.183. The van der Waals surface area contributed by atoms with E-state index in [9.17, 15) is 4.79 Å². The second-order valence-corrected chi connectivity index (χ2v) is 6.34. The van der Waals surface area contributed by atoms with Gasteiger partial charge < -0.3 is 0 Å². The molecule has 26 heavy (non-hydrogen) atoms. The standard InChI is InChI=1S/C19H16BrN5O/c20-16(11-14-7-3-1-4-8-14)13-21-24-19-22-18(26)17(23-25-19)12-15-9-5-2-6-10-15/h1-11,13H,12H2,(H2,22,24,25,26)/b16-11-,21-13+. The number of allylic oxidation sites excluding steroid dienone is 1. The highest BCUT2D eigenvalue weighted by molar-refractivity contribution is 9.12. The zero-order valence-corrected chi connectivity index (χ0v) is 15.3. The Bertz CT molecular complexity index is 968. The highest BCUT2D eigenvalue weighted by atomic mass is 79.9. The molecule has 2 N–H and O–H groups in total. The average molecular weight is 410 g/mol. The van der Waals surface area contributed by atoms with E-state index in [0.717, 1.165) is 15.6 Å². The number of rotatable bonds is 6. The van der Waals surface area contributed by atoms with Gasteiger partial charge in [0, 0.05) is 10.9 Å². The van der Waals surface area contributed by atoms with Crippen LogP contribution in [-0.2, 0) is 6.42 Å². The Labute approximate surface area is 158 Å². The Kier molecular flexibility index (Phi) is 6.05. The van der Waals surface area contributed by atoms with E-state index >= 15 is 0 Å². The lowest BCUT2D eigenvalue weighted by atomic mass is 10.1. The van der Waals surface area contributed by atoms with E-state index in [1.807, 2.05) is 66.7 Å². The Morgan fingerprint density at radius 3 is 2.46 bits per heavy atom. The van der Waals surface area contributed by atoms with Crippen LogP contribution < -0.4 is 11.0 Å². The Hall–Kier alpha value is -3.06. The summed E-state index contributed by atoms with van der Waals surface area (Å²) >= 11 is 3.42. The van der Waals surface area contributed by atoms with Crippen LogP contribution in [0.25, 0.3) is 6.08 Å². The normalized spacial score (nSPS) is 11.7. The smallest absolute Gasteiger partial charge is 0.274 e. The van der Waals surface area contributed by atoms with Gasteiger partial charge in [0.15, 0.2) is 0 Å². The summed E-state index contributed by atoms with van der Waals surface area (Å²) in [5, 5.41) is 12.0. The molecule has 2 aromatic carbocycles. The van der Waals surface area contributed by atoms with Crippen molar-refractivity contribution in [3.63, 3.8) is 0 Å². The van der Waals surface area contributed by atoms with E-state index in [1.54, 1.807) is 6.21 Å². The molecule has 3 rings (SSSR count). The van der Waals surface area contributed by atoms with Crippen molar-refractivity contribution in [3.8, 4) is 0 Å². The molecule has 3 aromatic rings. The highest BCUT2D eigenvalue weighted by Gasteiger charge is 2.05. The highest BCUT2D eigenvalue weighted by Crippen LogP contribution is 2.10. The van der Waals surface area contributed by atoms with Gasteiger partial charge in [-0.15, -0.1) is 10.2 Å². The molecular weight excluding hydrogens is 394 g/mol. The number of H-pyrrole nitrogens is 1. The maximum atomic E-state index is 12.1. The molecule has 7 heteroatoms. The van der Waals surface area contributed by atoms with E-state index in [1.165, 1.54) is 0 Å². The topological polar surface area (TPSA) is 83.0 Å². The summed E-state index contributed by atoms with van der Waals surface area (Å²) in [6, 6.07) is 19.5. The van der Waals surface area contributed by atoms with Crippen molar-refractivity contribution in [1.29, 1.82) is 0 Å². The summed E-state index contributed by atoms with van der Waals surface area (Å²) < 4.78 is 0.771. The van der Waals surface area contributed by atoms with E-state index < -0.39 is 0 Å². The van der Waals surface area contributed by atoms with Crippen LogP contribution >= 0.6 is 15.9 Å². The van der Waals surface area contributed by atoms with Crippen LogP contribution in [0.2, 0.25) is 0 Å². The van der Waals surface area contributed by atoms with Crippen LogP contribution in [-0.4, -0.2) is 21.4 Å². The summed E-state index contributed by atoms with van der Waals surface area (Å²) in [6.45, 7) is 0. The van der Waals surface area contributed by atoms with Crippen LogP contribution in [0.4, 0.5) is 5.95 Å². The van der Waals surface area contributed by atoms with E-state index in [2.05, 4.69) is 41.6 Å². The van der Waals surface area contributed by atoms with Crippen molar-refractivity contribution < 1.29 is 0 Å². The molecule has 1 heterocycles. The number of hydrogen-bond donors (Lipinski definition) is 2. The molecule has 0 amide bonds. The molecule has 0 saturated heterocycles. The maximum absolute atomic E-state index is 12.1. The van der Waals surface area contributed by atoms with Crippen molar-refractivity contribution in [2.45, 2.75) is 6.42 Å². The number of nitrogens with zero attached hydrogens (tertiary/aromatic N) is 3. The molecule has 0 radical (unpaired) electrons. The first kappa shape index (κ1) is 17.8. The predicted molar refractivity (Wildman–Crippen MR) is 107 cm³/mol. The van der Waals surface area contributed by atoms with Crippen molar-refractivity contribution >= 4 is 34.2 Å². The molecule has 0 saturated carbocycles. The summed E-state index contributed by atoms with van der Waals surface area (Å²) in [5.41, 5.74) is 4.78. The molecule has 1 aromatic heterocycles. The number of nitrogens with one attached hydrogen (secondary N) is 2. The number of hydrogen-bond acceptors (Lipinski definition) is 5. The Morgan fingerprint density at radius 1 is 1.08 bits per heavy atom. The third kappa shape index (κ3) is 5.22. The number of anilines is 1. The SMILES string of the molecule is O=c1[nH]c(N/N=C/C(Br)=C/c2ccccc2)nnc1Cc1ccccc1. The number of aromatic amines is 1. The van der Waals surface area contributed by atoms with Gasteiger partial charge in [0.05, 0.1) is 6.21 Å². The monoisotopic (exact) mass is 409 g/mol. The molecule has 0 bridgehead atoms. The number of hydrazone groups is 1. The minimum Gasteiger partial charge on any atom is -0.288 e. The zero-order valence-electron chi connectivity index (χ0n) is 13.8. The minimum absolute atomic E-state index is 0.183. The van der Waals surface area contributed by atoms with Gasteiger partial charge >= 0.3 is 0 Å². The predicted octanol–water partition coefficient (Wildman–Crippen LogP) is 3.59. The van der Waals surface area contributed by atoms with Crippen molar-refractivity contribution in [2.75, 3.05) is 5.43 Å². The van der Waals surface area contributed by atoms with E-state index in [4.69, 9.17) is 0 Å². The summed E-state index contributed by atoms with van der Waals surface area (Å²) in [4.78, 5) is 14.7. The van der Waals surface area contributed by atoms with Crippen molar-refractivity contribution in [1.82, 2.24) is 15.2 Å². The lowest BCUT2D eigenvalue weighted by Crippen LogP contribution is -2.18. The van der Waals surface area contributed by atoms with Crippen LogP contribution in [0.5, 0.6) is 0 Å². The first-order valence-electron chi connectivity index (χ1n) is 7.92. The Morgan fingerprint density at radius 2 is 1.77 bits per heavy atom. The van der Waals surface area contributed by atoms with Crippen LogP contribution in [0.15, 0.2) is 75.0 Å². The zero-order chi connectivity index (χ0) is 18.2. The van der Waals surface area contributed by atoms with Crippen molar-refractivity contribution in [2.24, 2.45) is 5.10 Å². The van der Waals surface area contributed by atoms with Gasteiger partial charge in [-0.3, -0.25) is 9.78 Å². The molecule has 130 valence electrons. The maximum Gasteiger partial charge on any atom is 0.274 e. The molecule has 0 aliphatic heterocycles. The van der Waals surface area contributed by atoms with Crippen LogP contribution in [0.3, 0.4) is 0 Å². The van der Waals surface area contributed by atoms with Gasteiger partial charge in [-0.1, -0.05) is 60.7 Å². The van der Waals surface area contributed by atoms with Crippen LogP contribution in [0.1, 0.15) is 16.8 Å². The van der Waals surface area contributed by atoms with E-state index in [0.29, 0.717) is 12.1 Å². The van der Waals surface area contributed by atoms with Gasteiger partial charge in [-0.25, -0.2) is 5.43 Å². The molecule has 0 atom stereocenters. The molecule has 0 fully saturated rings. The summed E-state index contributed by atoms with van der Waals surface area (Å²) in [6.07, 6.45) is 3.92. The fourth-order valence-electron chi connectivity index (χ4n) is 2.22. The van der Waals surface area contributed by atoms with Crippen LogP contribution in [0, 0.1) is 0 Å². The lowest BCUT2D eigenvalue weighted by Gasteiger charge is -2.01. The average Bonchev–Trinajstić information content (AvgIpc) is 2.65. The lowest BCUT2D eigenvalue weighted by molar-refractivity contribution is 0.866. The minimum atomic E-state index is -0.291. The van der Waals surface area contributed by atoms with Gasteiger partial charge in [0.25, 0.3) is 5.56 Å². The second kappa shape index (κ2) is 8.87. The van der Waals surface area contributed by atoms with E-state index in [-0.39, 0.29) is 11.5 Å². The molecule has 6 nitrogen and oxygen atoms in total. The Balaban J connectivity index is 1.63. The fourth-order valence-corrected chi connectivity index (χ4v) is 2.58. The number of halogens is 1. The quantitative estimate of drug-likeness (QED) is 0.481. The fraction of sp³-hybridized carbons (Fsp3) is 0.0526. The molecule has 0 aliphatic carbocycles. The van der Waals surface area contributed by atoms with Gasteiger partial charge in [0.1, 0.15) is 5.69 Å². The summed E-state index contributed by atoms with van der Waals surface area (Å²) in [7, 11) is 0. The third-order valence-electron chi connectivity index (χ3n) is 3.44. The number of benzene rings is 2. The molecule has 0 aliphatic rings. The van der Waals surface area contributed by atoms with Crippen molar-refractivity contribution in [3.05, 3.63) is 92.3 Å². The number of aromatic nitrogens is 3. The van der Waals surface area contributed by atoms with Gasteiger partial charge in [-0.05, 0) is 33.1 Å².